The van der Waals surface area contributed by atoms with Crippen molar-refractivity contribution in [2.45, 2.75) is 6.92 Å². The quantitative estimate of drug-likeness (QED) is 0.291. The highest BCUT2D eigenvalue weighted by atomic mass is 16.2. The molecule has 2 rings (SSSR count). The van der Waals surface area contributed by atoms with Gasteiger partial charge >= 0.3 is 0 Å². The third-order valence-corrected chi connectivity index (χ3v) is 5.07. The van der Waals surface area contributed by atoms with Gasteiger partial charge in [-0.15, -0.1) is 0 Å². The van der Waals surface area contributed by atoms with Crippen LogP contribution in [0.5, 0.6) is 0 Å². The Bertz CT molecular complexity index is 737. The smallest absolute Gasteiger partial charge is 0.234 e. The molecule has 1 aromatic carbocycles. The molecule has 1 fully saturated rings. The number of aliphatic imine (C=N–C) groups is 1. The van der Waals surface area contributed by atoms with Gasteiger partial charge in [0, 0.05) is 71.0 Å². The minimum atomic E-state index is -0.493. The van der Waals surface area contributed by atoms with Crippen molar-refractivity contribution < 1.29 is 14.4 Å². The van der Waals surface area contributed by atoms with Gasteiger partial charge < -0.3 is 15.1 Å². The highest BCUT2D eigenvalue weighted by Gasteiger charge is 2.20. The molecular weight excluding hydrogens is 370 g/mol. The number of amidine groups is 1. The molecule has 0 radical (unpaired) electrons. The molecule has 8 nitrogen and oxygen atoms in total. The van der Waals surface area contributed by atoms with Gasteiger partial charge in [0.25, 0.3) is 0 Å². The standard InChI is InChI=1S/C21H31N5O3/c1-16(19(28)15-27)13-23-20(29)14-25-9-11-26(12-10-25)18-7-5-17(6-8-18)21(22-2)24(3)4/h5-8,15-16H,9-14H2,1-4H3,(H,23,29). The van der Waals surface area contributed by atoms with E-state index in [2.05, 4.69) is 44.4 Å². The predicted octanol–water partition coefficient (Wildman–Crippen LogP) is 0.267. The van der Waals surface area contributed by atoms with Crippen molar-refractivity contribution in [3.8, 4) is 0 Å². The average Bonchev–Trinajstić information content (AvgIpc) is 2.72. The van der Waals surface area contributed by atoms with Gasteiger partial charge in [0.05, 0.1) is 6.54 Å². The number of carbonyl (C=O) groups is 3. The van der Waals surface area contributed by atoms with Gasteiger partial charge in [0.2, 0.25) is 5.91 Å². The Kier molecular flexibility index (Phi) is 8.33. The normalized spacial score (nSPS) is 16.3. The van der Waals surface area contributed by atoms with Crippen molar-refractivity contribution in [3.05, 3.63) is 29.8 Å². The Labute approximate surface area is 172 Å². The number of nitrogens with one attached hydrogen (secondary N) is 1. The number of aldehydes is 1. The van der Waals surface area contributed by atoms with Gasteiger partial charge in [-0.25, -0.2) is 0 Å². The minimum Gasteiger partial charge on any atom is -0.369 e. The summed E-state index contributed by atoms with van der Waals surface area (Å²) in [4.78, 5) is 44.5. The molecule has 1 heterocycles. The molecule has 1 atom stereocenters. The van der Waals surface area contributed by atoms with Crippen molar-refractivity contribution in [1.82, 2.24) is 15.1 Å². The van der Waals surface area contributed by atoms with Crippen LogP contribution in [0.1, 0.15) is 12.5 Å². The van der Waals surface area contributed by atoms with Crippen LogP contribution in [-0.2, 0) is 14.4 Å². The first-order chi connectivity index (χ1) is 13.8. The van der Waals surface area contributed by atoms with Gasteiger partial charge in [0.15, 0.2) is 12.1 Å². The van der Waals surface area contributed by atoms with Gasteiger partial charge in [-0.05, 0) is 24.3 Å². The fourth-order valence-electron chi connectivity index (χ4n) is 3.32. The number of benzene rings is 1. The molecule has 1 unspecified atom stereocenters. The van der Waals surface area contributed by atoms with E-state index in [1.165, 1.54) is 0 Å². The van der Waals surface area contributed by atoms with Crippen LogP contribution < -0.4 is 10.2 Å². The van der Waals surface area contributed by atoms with Crippen LogP contribution in [0.3, 0.4) is 0 Å². The summed E-state index contributed by atoms with van der Waals surface area (Å²) in [5, 5.41) is 2.73. The van der Waals surface area contributed by atoms with Crippen LogP contribution in [0.2, 0.25) is 0 Å². The van der Waals surface area contributed by atoms with Crippen molar-refractivity contribution in [1.29, 1.82) is 0 Å². The van der Waals surface area contributed by atoms with E-state index in [1.54, 1.807) is 14.0 Å². The molecule has 1 aromatic rings. The Morgan fingerprint density at radius 2 is 1.79 bits per heavy atom. The van der Waals surface area contributed by atoms with E-state index < -0.39 is 11.7 Å². The predicted molar refractivity (Wildman–Crippen MR) is 114 cm³/mol. The molecule has 1 aliphatic heterocycles. The SMILES string of the molecule is CN=C(c1ccc(N2CCN(CC(=O)NCC(C)C(=O)C=O)CC2)cc1)N(C)C. The molecule has 0 bridgehead atoms. The maximum atomic E-state index is 12.1. The van der Waals surface area contributed by atoms with Crippen LogP contribution in [0, 0.1) is 5.92 Å². The number of hydrogen-bond donors (Lipinski definition) is 1. The number of anilines is 1. The summed E-state index contributed by atoms with van der Waals surface area (Å²) in [6, 6.07) is 8.38. The molecule has 0 saturated carbocycles. The number of carbonyl (C=O) groups excluding carboxylic acids is 3. The van der Waals surface area contributed by atoms with E-state index in [-0.39, 0.29) is 12.5 Å². The third-order valence-electron chi connectivity index (χ3n) is 5.07. The van der Waals surface area contributed by atoms with Crippen LogP contribution in [0.15, 0.2) is 29.3 Å². The first-order valence-corrected chi connectivity index (χ1v) is 9.83. The fourth-order valence-corrected chi connectivity index (χ4v) is 3.32. The molecule has 8 heteroatoms. The molecule has 158 valence electrons. The molecular formula is C21H31N5O3. The van der Waals surface area contributed by atoms with Gasteiger partial charge in [-0.2, -0.15) is 0 Å². The zero-order valence-corrected chi connectivity index (χ0v) is 17.7. The summed E-state index contributed by atoms with van der Waals surface area (Å²) in [7, 11) is 5.75. The molecule has 0 aliphatic carbocycles. The Hall–Kier alpha value is -2.74. The number of amides is 1. The van der Waals surface area contributed by atoms with Gasteiger partial charge in [0.1, 0.15) is 5.84 Å². The molecule has 1 amide bonds. The monoisotopic (exact) mass is 401 g/mol. The highest BCUT2D eigenvalue weighted by molar-refractivity contribution is 6.25. The van der Waals surface area contributed by atoms with Gasteiger partial charge in [-0.1, -0.05) is 6.92 Å². The van der Waals surface area contributed by atoms with E-state index in [0.29, 0.717) is 12.8 Å². The highest BCUT2D eigenvalue weighted by Crippen LogP contribution is 2.18. The van der Waals surface area contributed by atoms with Crippen molar-refractivity contribution >= 4 is 29.5 Å². The fraction of sp³-hybridized carbons (Fsp3) is 0.524. The summed E-state index contributed by atoms with van der Waals surface area (Å²) < 4.78 is 0. The van der Waals surface area contributed by atoms with Crippen LogP contribution in [0.25, 0.3) is 0 Å². The summed E-state index contributed by atoms with van der Waals surface area (Å²) in [5.74, 6) is -0.158. The number of ketones is 1. The van der Waals surface area contributed by atoms with E-state index in [4.69, 9.17) is 0 Å². The summed E-state index contributed by atoms with van der Waals surface area (Å²) in [6.07, 6.45) is 0.305. The molecule has 0 aromatic heterocycles. The lowest BCUT2D eigenvalue weighted by Crippen LogP contribution is -2.50. The number of piperazine rings is 1. The van der Waals surface area contributed by atoms with Crippen molar-refractivity contribution in [3.63, 3.8) is 0 Å². The van der Waals surface area contributed by atoms with Crippen LogP contribution >= 0.6 is 0 Å². The first kappa shape index (κ1) is 22.5. The van der Waals surface area contributed by atoms with Gasteiger partial charge in [-0.3, -0.25) is 24.3 Å². The topological polar surface area (TPSA) is 85.3 Å². The second-order valence-corrected chi connectivity index (χ2v) is 7.48. The van der Waals surface area contributed by atoms with E-state index in [1.807, 2.05) is 19.0 Å². The van der Waals surface area contributed by atoms with Crippen molar-refractivity contribution in [2.75, 3.05) is 65.3 Å². The lowest BCUT2D eigenvalue weighted by molar-refractivity contribution is -0.132. The lowest BCUT2D eigenvalue weighted by Gasteiger charge is -2.35. The summed E-state index contributed by atoms with van der Waals surface area (Å²) in [5.41, 5.74) is 2.24. The summed E-state index contributed by atoms with van der Waals surface area (Å²) >= 11 is 0. The summed E-state index contributed by atoms with van der Waals surface area (Å²) in [6.45, 7) is 5.39. The molecule has 1 aliphatic rings. The maximum absolute atomic E-state index is 12.1. The number of Topliss-reactive ketones (excluding diaryl/α,β-unsaturated/α-hetero) is 1. The molecule has 0 spiro atoms. The lowest BCUT2D eigenvalue weighted by atomic mass is 10.1. The average molecular weight is 402 g/mol. The first-order valence-electron chi connectivity index (χ1n) is 9.83. The second kappa shape index (κ2) is 10.7. The largest absolute Gasteiger partial charge is 0.369 e. The number of rotatable bonds is 8. The molecule has 29 heavy (non-hydrogen) atoms. The number of nitrogens with zero attached hydrogens (tertiary/aromatic N) is 4. The van der Waals surface area contributed by atoms with Crippen molar-refractivity contribution in [2.24, 2.45) is 10.9 Å². The van der Waals surface area contributed by atoms with E-state index >= 15 is 0 Å². The molecule has 1 N–H and O–H groups in total. The zero-order valence-electron chi connectivity index (χ0n) is 17.7. The third kappa shape index (κ3) is 6.39. The van der Waals surface area contributed by atoms with Crippen LogP contribution in [0.4, 0.5) is 5.69 Å². The second-order valence-electron chi connectivity index (χ2n) is 7.48. The number of hydrogen-bond acceptors (Lipinski definition) is 6. The zero-order chi connectivity index (χ0) is 21.4. The maximum Gasteiger partial charge on any atom is 0.234 e. The minimum absolute atomic E-state index is 0.122. The Morgan fingerprint density at radius 3 is 2.31 bits per heavy atom. The Morgan fingerprint density at radius 1 is 1.17 bits per heavy atom. The van der Waals surface area contributed by atoms with Crippen LogP contribution in [-0.4, -0.2) is 94.0 Å². The van der Waals surface area contributed by atoms with E-state index in [9.17, 15) is 14.4 Å². The Balaban J connectivity index is 1.81. The molecule has 1 saturated heterocycles. The van der Waals surface area contributed by atoms with E-state index in [0.717, 1.165) is 43.3 Å².